The van der Waals surface area contributed by atoms with Gasteiger partial charge in [0.1, 0.15) is 5.82 Å². The first-order chi connectivity index (χ1) is 7.25. The topological polar surface area (TPSA) is 47.1 Å². The maximum absolute atomic E-state index is 6.05. The van der Waals surface area contributed by atoms with Crippen LogP contribution in [0.4, 0.5) is 5.82 Å². The normalized spacial score (nSPS) is 34.6. The number of nitrogens with zero attached hydrogens (tertiary/aromatic N) is 3. The van der Waals surface area contributed by atoms with Crippen molar-refractivity contribution in [3.05, 3.63) is 11.8 Å². The van der Waals surface area contributed by atoms with Crippen LogP contribution in [0.5, 0.6) is 0 Å². The van der Waals surface area contributed by atoms with Crippen LogP contribution in [0.1, 0.15) is 24.4 Å². The zero-order valence-electron chi connectivity index (χ0n) is 9.19. The molecule has 3 saturated heterocycles. The van der Waals surface area contributed by atoms with Gasteiger partial charge in [-0.3, -0.25) is 0 Å². The van der Waals surface area contributed by atoms with E-state index in [0.717, 1.165) is 23.8 Å². The molecular formula is C11H18N4. The fourth-order valence-electron chi connectivity index (χ4n) is 2.93. The summed E-state index contributed by atoms with van der Waals surface area (Å²) in [5.74, 6) is 1.64. The Morgan fingerprint density at radius 3 is 2.60 bits per heavy atom. The third-order valence-electron chi connectivity index (χ3n) is 3.96. The standard InChI is InChI=1S/C11H18N4/c1-8-6-13-15(11(8)12)10-7-14-4-2-9(10)3-5-14/h6,9-10H,2-5,7,12H2,1H3. The van der Waals surface area contributed by atoms with Gasteiger partial charge in [-0.25, -0.2) is 4.68 Å². The van der Waals surface area contributed by atoms with Crippen LogP contribution in [0, 0.1) is 12.8 Å². The van der Waals surface area contributed by atoms with E-state index < -0.39 is 0 Å². The zero-order valence-corrected chi connectivity index (χ0v) is 9.19. The fraction of sp³-hybridized carbons (Fsp3) is 0.727. The Hall–Kier alpha value is -1.03. The molecule has 1 aromatic heterocycles. The van der Waals surface area contributed by atoms with E-state index in [4.69, 9.17) is 5.73 Å². The Bertz CT molecular complexity index is 363. The van der Waals surface area contributed by atoms with Crippen LogP contribution >= 0.6 is 0 Å². The maximum atomic E-state index is 6.05. The molecule has 0 amide bonds. The van der Waals surface area contributed by atoms with Gasteiger partial charge in [0, 0.05) is 12.1 Å². The predicted octanol–water partition coefficient (Wildman–Crippen LogP) is 1.04. The molecule has 0 aromatic carbocycles. The van der Waals surface area contributed by atoms with Crippen LogP contribution in [-0.2, 0) is 0 Å². The van der Waals surface area contributed by atoms with E-state index in [0.29, 0.717) is 6.04 Å². The summed E-state index contributed by atoms with van der Waals surface area (Å²) in [4.78, 5) is 2.53. The van der Waals surface area contributed by atoms with E-state index in [-0.39, 0.29) is 0 Å². The van der Waals surface area contributed by atoms with E-state index in [2.05, 4.69) is 10.00 Å². The highest BCUT2D eigenvalue weighted by Gasteiger charge is 2.36. The van der Waals surface area contributed by atoms with Crippen molar-refractivity contribution < 1.29 is 0 Å². The first kappa shape index (κ1) is 9.21. The Morgan fingerprint density at radius 2 is 2.13 bits per heavy atom. The number of nitrogen functional groups attached to an aromatic ring is 1. The zero-order chi connectivity index (χ0) is 10.4. The molecule has 4 rings (SSSR count). The van der Waals surface area contributed by atoms with E-state index in [9.17, 15) is 0 Å². The van der Waals surface area contributed by atoms with Crippen molar-refractivity contribution in [2.75, 3.05) is 25.4 Å². The molecule has 4 heterocycles. The summed E-state index contributed by atoms with van der Waals surface area (Å²) in [6.07, 6.45) is 4.50. The second-order valence-corrected chi connectivity index (χ2v) is 4.86. The lowest BCUT2D eigenvalue weighted by Gasteiger charge is -2.44. The number of aryl methyl sites for hydroxylation is 1. The summed E-state index contributed by atoms with van der Waals surface area (Å²) < 4.78 is 2.05. The van der Waals surface area contributed by atoms with E-state index in [1.54, 1.807) is 0 Å². The van der Waals surface area contributed by atoms with Crippen molar-refractivity contribution in [3.63, 3.8) is 0 Å². The molecule has 0 saturated carbocycles. The third-order valence-corrected chi connectivity index (χ3v) is 3.96. The lowest BCUT2D eigenvalue weighted by Crippen LogP contribution is -2.48. The molecule has 2 bridgehead atoms. The maximum Gasteiger partial charge on any atom is 0.124 e. The van der Waals surface area contributed by atoms with Gasteiger partial charge in [0.2, 0.25) is 0 Å². The molecule has 3 aliphatic heterocycles. The van der Waals surface area contributed by atoms with Crippen LogP contribution in [-0.4, -0.2) is 34.3 Å². The number of rotatable bonds is 1. The molecule has 0 radical (unpaired) electrons. The molecule has 2 N–H and O–H groups in total. The molecule has 15 heavy (non-hydrogen) atoms. The number of aromatic nitrogens is 2. The van der Waals surface area contributed by atoms with Gasteiger partial charge in [-0.1, -0.05) is 0 Å². The Morgan fingerprint density at radius 1 is 1.40 bits per heavy atom. The number of piperidine rings is 3. The average Bonchev–Trinajstić information content (AvgIpc) is 2.61. The molecule has 3 aliphatic rings. The van der Waals surface area contributed by atoms with Crippen molar-refractivity contribution in [3.8, 4) is 0 Å². The van der Waals surface area contributed by atoms with Crippen LogP contribution in [0.3, 0.4) is 0 Å². The molecule has 0 aliphatic carbocycles. The second-order valence-electron chi connectivity index (χ2n) is 4.86. The minimum absolute atomic E-state index is 0.515. The van der Waals surface area contributed by atoms with E-state index >= 15 is 0 Å². The first-order valence-electron chi connectivity index (χ1n) is 5.77. The van der Waals surface area contributed by atoms with Gasteiger partial charge >= 0.3 is 0 Å². The quantitative estimate of drug-likeness (QED) is 0.747. The lowest BCUT2D eigenvalue weighted by atomic mass is 9.84. The summed E-state index contributed by atoms with van der Waals surface area (Å²) >= 11 is 0. The van der Waals surface area contributed by atoms with Gasteiger partial charge in [0.15, 0.2) is 0 Å². The van der Waals surface area contributed by atoms with Crippen molar-refractivity contribution in [1.29, 1.82) is 0 Å². The average molecular weight is 206 g/mol. The smallest absolute Gasteiger partial charge is 0.124 e. The van der Waals surface area contributed by atoms with Gasteiger partial charge in [0.25, 0.3) is 0 Å². The molecule has 4 heteroatoms. The molecule has 82 valence electrons. The second kappa shape index (κ2) is 3.23. The van der Waals surface area contributed by atoms with Crippen molar-refractivity contribution in [1.82, 2.24) is 14.7 Å². The Labute approximate surface area is 90.0 Å². The molecule has 1 unspecified atom stereocenters. The predicted molar refractivity (Wildman–Crippen MR) is 59.6 cm³/mol. The van der Waals surface area contributed by atoms with Gasteiger partial charge in [-0.05, 0) is 38.8 Å². The van der Waals surface area contributed by atoms with Gasteiger partial charge in [0.05, 0.1) is 12.2 Å². The molecular weight excluding hydrogens is 188 g/mol. The highest BCUT2D eigenvalue weighted by atomic mass is 15.4. The summed E-state index contributed by atoms with van der Waals surface area (Å²) in [5, 5.41) is 4.42. The largest absolute Gasteiger partial charge is 0.384 e. The lowest BCUT2D eigenvalue weighted by molar-refractivity contribution is 0.0523. The van der Waals surface area contributed by atoms with Crippen LogP contribution < -0.4 is 5.73 Å². The Kier molecular flexibility index (Phi) is 1.99. The van der Waals surface area contributed by atoms with Crippen molar-refractivity contribution >= 4 is 5.82 Å². The van der Waals surface area contributed by atoms with Crippen LogP contribution in [0.25, 0.3) is 0 Å². The summed E-state index contributed by atoms with van der Waals surface area (Å²) in [6.45, 7) is 5.69. The minimum atomic E-state index is 0.515. The molecule has 1 aromatic rings. The molecule has 4 nitrogen and oxygen atoms in total. The van der Waals surface area contributed by atoms with Gasteiger partial charge in [-0.2, -0.15) is 5.10 Å². The van der Waals surface area contributed by atoms with E-state index in [1.807, 2.05) is 17.8 Å². The molecule has 3 fully saturated rings. The SMILES string of the molecule is Cc1cnn(C2CN3CCC2CC3)c1N. The number of anilines is 1. The number of hydrogen-bond acceptors (Lipinski definition) is 3. The highest BCUT2D eigenvalue weighted by molar-refractivity contribution is 5.37. The summed E-state index contributed by atoms with van der Waals surface area (Å²) in [6, 6.07) is 0.515. The number of nitrogens with two attached hydrogens (primary N) is 1. The monoisotopic (exact) mass is 206 g/mol. The van der Waals surface area contributed by atoms with Gasteiger partial charge < -0.3 is 10.6 Å². The highest BCUT2D eigenvalue weighted by Crippen LogP contribution is 2.36. The fourth-order valence-corrected chi connectivity index (χ4v) is 2.93. The minimum Gasteiger partial charge on any atom is -0.384 e. The van der Waals surface area contributed by atoms with E-state index in [1.165, 1.54) is 25.9 Å². The van der Waals surface area contributed by atoms with Crippen LogP contribution in [0.15, 0.2) is 6.20 Å². The first-order valence-corrected chi connectivity index (χ1v) is 5.77. The summed E-state index contributed by atoms with van der Waals surface area (Å²) in [5.41, 5.74) is 7.15. The van der Waals surface area contributed by atoms with Crippen LogP contribution in [0.2, 0.25) is 0 Å². The van der Waals surface area contributed by atoms with Crippen molar-refractivity contribution in [2.45, 2.75) is 25.8 Å². The van der Waals surface area contributed by atoms with Gasteiger partial charge in [-0.15, -0.1) is 0 Å². The third kappa shape index (κ3) is 1.35. The number of hydrogen-bond donors (Lipinski definition) is 1. The molecule has 1 atom stereocenters. The summed E-state index contributed by atoms with van der Waals surface area (Å²) in [7, 11) is 0. The number of fused-ring (bicyclic) bond motifs is 3. The Balaban J connectivity index is 1.91. The molecule has 0 spiro atoms. The van der Waals surface area contributed by atoms with Crippen molar-refractivity contribution in [2.24, 2.45) is 5.92 Å².